The second-order valence-corrected chi connectivity index (χ2v) is 22.1. The van der Waals surface area contributed by atoms with Crippen molar-refractivity contribution < 1.29 is 13.9 Å². The maximum atomic E-state index is 6.40. The number of aromatic nitrogens is 2. The molecule has 1 rings (SSSR count). The van der Waals surface area contributed by atoms with Crippen LogP contribution < -0.4 is 4.74 Å². The molecule has 0 aliphatic carbocycles. The van der Waals surface area contributed by atoms with Crippen LogP contribution in [0.15, 0.2) is 0 Å². The Bertz CT molecular complexity index is 628. The lowest BCUT2D eigenvalue weighted by atomic mass is 10.2. The summed E-state index contributed by atoms with van der Waals surface area (Å²) in [6.07, 6.45) is 0. The predicted molar refractivity (Wildman–Crippen MR) is 135 cm³/mol. The Morgan fingerprint density at radius 3 is 2.29 bits per heavy atom. The maximum Gasteiger partial charge on any atom is 0.248 e. The Kier molecular flexibility index (Phi) is 10.2. The monoisotopic (exact) mass is 604 g/mol. The van der Waals surface area contributed by atoms with E-state index in [1.54, 1.807) is 0 Å². The highest BCUT2D eigenvalue weighted by atomic mass is 127. The molecule has 0 radical (unpaired) electrons. The summed E-state index contributed by atoms with van der Waals surface area (Å²) in [5.41, 5.74) is 1.11. The van der Waals surface area contributed by atoms with Crippen molar-refractivity contribution in [2.75, 3.05) is 20.0 Å². The van der Waals surface area contributed by atoms with Crippen molar-refractivity contribution in [1.29, 1.82) is 0 Å². The molecule has 0 aliphatic heterocycles. The van der Waals surface area contributed by atoms with Crippen LogP contribution in [0.1, 0.15) is 39.4 Å². The summed E-state index contributed by atoms with van der Waals surface area (Å²) in [5, 5.41) is 5.63. The number of nitrogens with zero attached hydrogens (tertiary/aromatic N) is 2. The average molecular weight is 606 g/mol. The summed E-state index contributed by atoms with van der Waals surface area (Å²) < 4.78 is 21.0. The van der Waals surface area contributed by atoms with Crippen molar-refractivity contribution in [1.82, 2.24) is 9.78 Å². The summed E-state index contributed by atoms with van der Waals surface area (Å²) in [5.74, 6) is 0.641. The summed E-state index contributed by atoms with van der Waals surface area (Å²) in [7, 11) is -2.86. The Morgan fingerprint density at radius 1 is 1.18 bits per heavy atom. The molecule has 1 atom stereocenters. The van der Waals surface area contributed by atoms with Crippen LogP contribution in [-0.2, 0) is 14.5 Å². The van der Waals surface area contributed by atoms with Gasteiger partial charge in [0.15, 0.2) is 15.1 Å². The molecule has 0 aliphatic rings. The van der Waals surface area contributed by atoms with Crippen molar-refractivity contribution in [3.63, 3.8) is 0 Å². The first kappa shape index (κ1) is 26.6. The van der Waals surface area contributed by atoms with E-state index in [1.807, 2.05) is 4.68 Å². The van der Waals surface area contributed by atoms with Gasteiger partial charge in [0.25, 0.3) is 0 Å². The van der Waals surface area contributed by atoms with Gasteiger partial charge in [0.2, 0.25) is 5.88 Å². The van der Waals surface area contributed by atoms with Gasteiger partial charge < -0.3 is 13.9 Å². The summed E-state index contributed by atoms with van der Waals surface area (Å²) in [4.78, 5) is 0. The summed E-state index contributed by atoms with van der Waals surface area (Å²) in [6, 6.07) is 1.27. The normalized spacial score (nSPS) is 14.4. The molecular weight excluding hydrogens is 567 g/mol. The molecular formula is C19H38BrIN2O3Si2. The van der Waals surface area contributed by atoms with Crippen molar-refractivity contribution >= 4 is 54.9 Å². The molecule has 0 spiro atoms. The number of rotatable bonds is 11. The molecule has 1 unspecified atom stereocenters. The van der Waals surface area contributed by atoms with Crippen molar-refractivity contribution in [3.05, 3.63) is 9.26 Å². The van der Waals surface area contributed by atoms with E-state index in [4.69, 9.17) is 19.0 Å². The fourth-order valence-electron chi connectivity index (χ4n) is 2.15. The molecule has 164 valence electrons. The standard InChI is InChI=1S/C19H38BrIN2O3Si2/c1-15(13-26-28(8,9)19(2,3)4)23-16(12-20)17(21)18(22-23)25-14-24-10-11-27(5,6)7/h15H,10-14H2,1-9H3. The lowest BCUT2D eigenvalue weighted by molar-refractivity contribution is 0.0182. The highest BCUT2D eigenvalue weighted by molar-refractivity contribution is 14.1. The second kappa shape index (κ2) is 10.7. The van der Waals surface area contributed by atoms with Gasteiger partial charge in [-0.15, -0.1) is 5.10 Å². The van der Waals surface area contributed by atoms with Crippen LogP contribution in [0.4, 0.5) is 0 Å². The van der Waals surface area contributed by atoms with E-state index in [2.05, 4.69) is 99.0 Å². The Labute approximate surface area is 195 Å². The molecule has 1 aromatic rings. The molecule has 9 heteroatoms. The van der Waals surface area contributed by atoms with E-state index in [9.17, 15) is 0 Å². The highest BCUT2D eigenvalue weighted by Gasteiger charge is 2.37. The van der Waals surface area contributed by atoms with Crippen LogP contribution in [0.25, 0.3) is 0 Å². The molecule has 0 fully saturated rings. The van der Waals surface area contributed by atoms with Gasteiger partial charge in [0.1, 0.15) is 0 Å². The first-order valence-corrected chi connectivity index (χ1v) is 18.7. The van der Waals surface area contributed by atoms with E-state index < -0.39 is 16.4 Å². The highest BCUT2D eigenvalue weighted by Crippen LogP contribution is 2.37. The Morgan fingerprint density at radius 2 is 1.79 bits per heavy atom. The molecule has 0 N–H and O–H groups in total. The van der Waals surface area contributed by atoms with Crippen LogP contribution in [0.3, 0.4) is 0 Å². The van der Waals surface area contributed by atoms with Crippen LogP contribution in [-0.4, -0.2) is 46.2 Å². The Hall–Kier alpha value is 0.574. The largest absolute Gasteiger partial charge is 0.449 e. The van der Waals surface area contributed by atoms with Crippen LogP contribution in [0.5, 0.6) is 5.88 Å². The predicted octanol–water partition coefficient (Wildman–Crippen LogP) is 6.66. The van der Waals surface area contributed by atoms with Crippen LogP contribution in [0.2, 0.25) is 43.8 Å². The van der Waals surface area contributed by atoms with Gasteiger partial charge in [-0.05, 0) is 53.7 Å². The number of halogens is 2. The zero-order valence-corrected chi connectivity index (χ0v) is 24.7. The molecule has 28 heavy (non-hydrogen) atoms. The third-order valence-electron chi connectivity index (χ3n) is 5.23. The minimum absolute atomic E-state index is 0.139. The van der Waals surface area contributed by atoms with Crippen molar-refractivity contribution in [2.45, 2.75) is 82.9 Å². The smallest absolute Gasteiger partial charge is 0.248 e. The second-order valence-electron chi connectivity index (χ2n) is 10.0. The quantitative estimate of drug-likeness (QED) is 0.0932. The topological polar surface area (TPSA) is 45.5 Å². The summed E-state index contributed by atoms with van der Waals surface area (Å²) >= 11 is 5.91. The third kappa shape index (κ3) is 8.01. The maximum absolute atomic E-state index is 6.40. The van der Waals surface area contributed by atoms with Gasteiger partial charge in [-0.25, -0.2) is 0 Å². The van der Waals surface area contributed by atoms with E-state index in [-0.39, 0.29) is 17.9 Å². The minimum Gasteiger partial charge on any atom is -0.449 e. The van der Waals surface area contributed by atoms with E-state index in [0.717, 1.165) is 27.2 Å². The lowest BCUT2D eigenvalue weighted by Crippen LogP contribution is -2.42. The van der Waals surface area contributed by atoms with Gasteiger partial charge in [0, 0.05) is 20.0 Å². The fraction of sp³-hybridized carbons (Fsp3) is 0.842. The zero-order valence-electron chi connectivity index (χ0n) is 19.0. The minimum atomic E-state index is -1.78. The number of hydrogen-bond donors (Lipinski definition) is 0. The first-order chi connectivity index (χ1) is 12.7. The van der Waals surface area contributed by atoms with Gasteiger partial charge >= 0.3 is 0 Å². The van der Waals surface area contributed by atoms with E-state index in [1.165, 1.54) is 0 Å². The molecule has 1 aromatic heterocycles. The zero-order chi connectivity index (χ0) is 21.8. The SMILES string of the molecule is CC(CO[Si](C)(C)C(C)(C)C)n1nc(OCOCC[Si](C)(C)C)c(I)c1CBr. The molecule has 0 aromatic carbocycles. The molecule has 0 saturated carbocycles. The van der Waals surface area contributed by atoms with Crippen molar-refractivity contribution in [3.8, 4) is 5.88 Å². The van der Waals surface area contributed by atoms with E-state index >= 15 is 0 Å². The van der Waals surface area contributed by atoms with E-state index in [0.29, 0.717) is 12.5 Å². The number of alkyl halides is 1. The van der Waals surface area contributed by atoms with Gasteiger partial charge in [-0.1, -0.05) is 56.3 Å². The average Bonchev–Trinajstić information content (AvgIpc) is 2.86. The molecule has 0 saturated heterocycles. The van der Waals surface area contributed by atoms with Gasteiger partial charge in [-0.2, -0.15) is 0 Å². The Balaban J connectivity index is 2.73. The van der Waals surface area contributed by atoms with Crippen LogP contribution in [0, 0.1) is 3.57 Å². The number of hydrogen-bond acceptors (Lipinski definition) is 4. The molecule has 5 nitrogen and oxygen atoms in total. The van der Waals surface area contributed by atoms with Crippen LogP contribution >= 0.6 is 38.5 Å². The first-order valence-electron chi connectivity index (χ1n) is 9.87. The van der Waals surface area contributed by atoms with Gasteiger partial charge in [0.05, 0.1) is 21.9 Å². The number of ether oxygens (including phenoxy) is 2. The summed E-state index contributed by atoms with van der Waals surface area (Å²) in [6.45, 7) is 22.2. The molecule has 1 heterocycles. The van der Waals surface area contributed by atoms with Crippen molar-refractivity contribution in [2.24, 2.45) is 0 Å². The van der Waals surface area contributed by atoms with Gasteiger partial charge in [-0.3, -0.25) is 4.68 Å². The molecule has 0 bridgehead atoms. The molecule has 0 amide bonds. The third-order valence-corrected chi connectivity index (χ3v) is 13.0. The lowest BCUT2D eigenvalue weighted by Gasteiger charge is -2.37. The fourth-order valence-corrected chi connectivity index (χ4v) is 5.76.